The Morgan fingerprint density at radius 3 is 2.50 bits per heavy atom. The molecule has 4 heteroatoms. The summed E-state index contributed by atoms with van der Waals surface area (Å²) in [4.78, 5) is 7.24. The van der Waals surface area contributed by atoms with Crippen molar-refractivity contribution < 1.29 is 0 Å². The molecule has 0 amide bonds. The summed E-state index contributed by atoms with van der Waals surface area (Å²) in [5.41, 5.74) is 3.63. The summed E-state index contributed by atoms with van der Waals surface area (Å²) < 4.78 is 1.11. The first-order valence-electron chi connectivity index (χ1n) is 8.36. The summed E-state index contributed by atoms with van der Waals surface area (Å²) in [6.45, 7) is 4.17. The largest absolute Gasteiger partial charge is 0.314 e. The predicted molar refractivity (Wildman–Crippen MR) is 102 cm³/mol. The third kappa shape index (κ3) is 3.22. The summed E-state index contributed by atoms with van der Waals surface area (Å²) in [6, 6.07) is 19.5. The van der Waals surface area contributed by atoms with Gasteiger partial charge in [-0.15, -0.1) is 0 Å². The molecule has 24 heavy (non-hydrogen) atoms. The highest BCUT2D eigenvalue weighted by molar-refractivity contribution is 9.10. The van der Waals surface area contributed by atoms with E-state index in [1.54, 1.807) is 0 Å². The van der Waals surface area contributed by atoms with Crippen LogP contribution >= 0.6 is 15.9 Å². The number of nitrogens with one attached hydrogen (secondary N) is 1. The van der Waals surface area contributed by atoms with Crippen LogP contribution in [0.2, 0.25) is 0 Å². The number of aromatic nitrogens is 1. The minimum absolute atomic E-state index is 0.248. The number of pyridine rings is 1. The number of halogens is 1. The van der Waals surface area contributed by atoms with Gasteiger partial charge in [-0.25, -0.2) is 0 Å². The molecule has 122 valence electrons. The van der Waals surface area contributed by atoms with Crippen LogP contribution in [0.4, 0.5) is 0 Å². The van der Waals surface area contributed by atoms with Gasteiger partial charge in [-0.05, 0) is 35.4 Å². The number of fused-ring (bicyclic) bond motifs is 1. The fourth-order valence-corrected chi connectivity index (χ4v) is 3.70. The normalized spacial score (nSPS) is 17.0. The summed E-state index contributed by atoms with van der Waals surface area (Å²) >= 11 is 3.54. The zero-order valence-corrected chi connectivity index (χ0v) is 15.0. The molecule has 1 aliphatic rings. The first-order valence-corrected chi connectivity index (χ1v) is 9.15. The first kappa shape index (κ1) is 15.8. The van der Waals surface area contributed by atoms with E-state index in [4.69, 9.17) is 0 Å². The van der Waals surface area contributed by atoms with E-state index in [1.807, 2.05) is 12.3 Å². The van der Waals surface area contributed by atoms with E-state index in [2.05, 4.69) is 79.7 Å². The van der Waals surface area contributed by atoms with Crippen molar-refractivity contribution >= 4 is 26.8 Å². The lowest BCUT2D eigenvalue weighted by molar-refractivity contribution is 0.198. The van der Waals surface area contributed by atoms with Gasteiger partial charge in [0, 0.05) is 42.2 Å². The Morgan fingerprint density at radius 2 is 1.71 bits per heavy atom. The Kier molecular flexibility index (Phi) is 4.60. The van der Waals surface area contributed by atoms with Crippen LogP contribution < -0.4 is 5.32 Å². The molecule has 2 aromatic carbocycles. The molecule has 0 saturated carbocycles. The van der Waals surface area contributed by atoms with Gasteiger partial charge in [0.15, 0.2) is 0 Å². The van der Waals surface area contributed by atoms with Crippen LogP contribution in [0, 0.1) is 0 Å². The van der Waals surface area contributed by atoms with Crippen molar-refractivity contribution in [3.8, 4) is 0 Å². The van der Waals surface area contributed by atoms with Crippen LogP contribution in [0.15, 0.2) is 65.3 Å². The maximum Gasteiger partial charge on any atom is 0.0702 e. The van der Waals surface area contributed by atoms with Crippen molar-refractivity contribution in [3.05, 3.63) is 76.4 Å². The van der Waals surface area contributed by atoms with Gasteiger partial charge in [0.2, 0.25) is 0 Å². The number of rotatable bonds is 3. The predicted octanol–water partition coefficient (Wildman–Crippen LogP) is 3.99. The molecule has 0 aliphatic carbocycles. The van der Waals surface area contributed by atoms with Crippen LogP contribution in [0.3, 0.4) is 0 Å². The fourth-order valence-electron chi connectivity index (χ4n) is 3.44. The van der Waals surface area contributed by atoms with Gasteiger partial charge in [0.1, 0.15) is 0 Å². The average Bonchev–Trinajstić information content (AvgIpc) is 2.64. The summed E-state index contributed by atoms with van der Waals surface area (Å²) in [6.07, 6.45) is 2.04. The third-order valence-corrected chi connectivity index (χ3v) is 5.16. The topological polar surface area (TPSA) is 28.2 Å². The van der Waals surface area contributed by atoms with Gasteiger partial charge in [-0.1, -0.05) is 46.3 Å². The number of piperazine rings is 1. The average molecular weight is 382 g/mol. The Hall–Kier alpha value is -1.75. The van der Waals surface area contributed by atoms with Crippen molar-refractivity contribution in [1.82, 2.24) is 15.2 Å². The van der Waals surface area contributed by atoms with Crippen LogP contribution in [0.1, 0.15) is 17.2 Å². The number of hydrogen-bond acceptors (Lipinski definition) is 3. The molecule has 3 nitrogen and oxygen atoms in total. The smallest absolute Gasteiger partial charge is 0.0702 e. The molecule has 4 rings (SSSR count). The van der Waals surface area contributed by atoms with E-state index in [1.165, 1.54) is 16.5 Å². The second kappa shape index (κ2) is 7.01. The minimum atomic E-state index is 0.248. The van der Waals surface area contributed by atoms with Gasteiger partial charge >= 0.3 is 0 Å². The lowest BCUT2D eigenvalue weighted by Crippen LogP contribution is -2.45. The van der Waals surface area contributed by atoms with Crippen LogP contribution in [0.25, 0.3) is 10.9 Å². The second-order valence-electron chi connectivity index (χ2n) is 6.20. The van der Waals surface area contributed by atoms with Crippen LogP contribution in [-0.2, 0) is 0 Å². The molecule has 1 aliphatic heterocycles. The summed E-state index contributed by atoms with van der Waals surface area (Å²) in [7, 11) is 0. The minimum Gasteiger partial charge on any atom is -0.314 e. The molecule has 2 heterocycles. The third-order valence-electron chi connectivity index (χ3n) is 4.63. The Bertz CT molecular complexity index is 826. The van der Waals surface area contributed by atoms with Crippen LogP contribution in [-0.4, -0.2) is 36.1 Å². The molecule has 1 saturated heterocycles. The quantitative estimate of drug-likeness (QED) is 0.743. The number of benzene rings is 2. The van der Waals surface area contributed by atoms with Crippen molar-refractivity contribution in [1.29, 1.82) is 0 Å². The lowest BCUT2D eigenvalue weighted by Gasteiger charge is -2.35. The van der Waals surface area contributed by atoms with E-state index in [0.717, 1.165) is 36.2 Å². The molecule has 0 spiro atoms. The second-order valence-corrected chi connectivity index (χ2v) is 7.12. The van der Waals surface area contributed by atoms with Crippen molar-refractivity contribution in [2.75, 3.05) is 26.2 Å². The van der Waals surface area contributed by atoms with Gasteiger partial charge in [0.05, 0.1) is 11.6 Å². The molecule has 1 atom stereocenters. The first-order chi connectivity index (χ1) is 11.8. The Morgan fingerprint density at radius 1 is 0.958 bits per heavy atom. The molecular formula is C20H20BrN3. The van der Waals surface area contributed by atoms with E-state index >= 15 is 0 Å². The number of para-hydroxylation sites is 1. The monoisotopic (exact) mass is 381 g/mol. The molecule has 1 unspecified atom stereocenters. The highest BCUT2D eigenvalue weighted by Crippen LogP contribution is 2.31. The van der Waals surface area contributed by atoms with Gasteiger partial charge in [-0.3, -0.25) is 9.88 Å². The van der Waals surface area contributed by atoms with Crippen molar-refractivity contribution in [2.24, 2.45) is 0 Å². The Balaban J connectivity index is 1.79. The highest BCUT2D eigenvalue weighted by atomic mass is 79.9. The number of nitrogens with zero attached hydrogens (tertiary/aromatic N) is 2. The van der Waals surface area contributed by atoms with Crippen LogP contribution in [0.5, 0.6) is 0 Å². The molecule has 1 fully saturated rings. The van der Waals surface area contributed by atoms with E-state index in [9.17, 15) is 0 Å². The van der Waals surface area contributed by atoms with E-state index in [0.29, 0.717) is 0 Å². The maximum atomic E-state index is 4.69. The number of hydrogen-bond donors (Lipinski definition) is 1. The van der Waals surface area contributed by atoms with E-state index in [-0.39, 0.29) is 6.04 Å². The standard InChI is InChI=1S/C20H20BrN3/c21-18-7-5-15(6-8-18)20(24-11-9-22-10-12-24)17-13-16-3-1-2-4-19(16)23-14-17/h1-8,13-14,20,22H,9-12H2. The van der Waals surface area contributed by atoms with E-state index < -0.39 is 0 Å². The molecule has 0 bridgehead atoms. The van der Waals surface area contributed by atoms with Gasteiger partial charge in [0.25, 0.3) is 0 Å². The maximum absolute atomic E-state index is 4.69. The molecule has 0 radical (unpaired) electrons. The highest BCUT2D eigenvalue weighted by Gasteiger charge is 2.24. The van der Waals surface area contributed by atoms with Crippen molar-refractivity contribution in [2.45, 2.75) is 6.04 Å². The SMILES string of the molecule is Brc1ccc(C(c2cnc3ccccc3c2)N2CCNCC2)cc1. The molecule has 3 aromatic rings. The van der Waals surface area contributed by atoms with Gasteiger partial charge < -0.3 is 5.32 Å². The fraction of sp³-hybridized carbons (Fsp3) is 0.250. The van der Waals surface area contributed by atoms with Crippen molar-refractivity contribution in [3.63, 3.8) is 0 Å². The molecule has 1 N–H and O–H groups in total. The zero-order chi connectivity index (χ0) is 16.4. The molecule has 1 aromatic heterocycles. The lowest BCUT2D eigenvalue weighted by atomic mass is 9.96. The Labute approximate surface area is 150 Å². The summed E-state index contributed by atoms with van der Waals surface area (Å²) in [5.74, 6) is 0. The molecular weight excluding hydrogens is 362 g/mol. The van der Waals surface area contributed by atoms with Gasteiger partial charge in [-0.2, -0.15) is 0 Å². The summed E-state index contributed by atoms with van der Waals surface area (Å²) in [5, 5.41) is 4.65. The zero-order valence-electron chi connectivity index (χ0n) is 13.5.